The Hall–Kier alpha value is -2.43. The van der Waals surface area contributed by atoms with Crippen molar-refractivity contribution in [2.75, 3.05) is 31.4 Å². The molecular formula is C16H21N3O2. The van der Waals surface area contributed by atoms with Crippen LogP contribution in [0.3, 0.4) is 0 Å². The molecule has 1 aromatic heterocycles. The molecule has 0 unspecified atom stereocenters. The van der Waals surface area contributed by atoms with Crippen molar-refractivity contribution in [2.45, 2.75) is 13.5 Å². The number of pyridine rings is 1. The van der Waals surface area contributed by atoms with Gasteiger partial charge in [-0.05, 0) is 25.1 Å². The molecule has 1 aromatic carbocycles. The van der Waals surface area contributed by atoms with E-state index in [0.29, 0.717) is 6.54 Å². The van der Waals surface area contributed by atoms with Crippen LogP contribution in [-0.4, -0.2) is 25.7 Å². The molecule has 2 N–H and O–H groups in total. The van der Waals surface area contributed by atoms with E-state index in [0.717, 1.165) is 35.1 Å². The molecule has 21 heavy (non-hydrogen) atoms. The van der Waals surface area contributed by atoms with Crippen LogP contribution in [0.5, 0.6) is 11.5 Å². The number of hydrogen-bond acceptors (Lipinski definition) is 5. The van der Waals surface area contributed by atoms with E-state index in [-0.39, 0.29) is 0 Å². The third-order valence-electron chi connectivity index (χ3n) is 3.10. The molecule has 0 aliphatic heterocycles. The molecule has 0 aliphatic rings. The van der Waals surface area contributed by atoms with Crippen molar-refractivity contribution in [3.8, 4) is 11.5 Å². The fourth-order valence-electron chi connectivity index (χ4n) is 2.01. The van der Waals surface area contributed by atoms with Crippen LogP contribution in [0.15, 0.2) is 36.5 Å². The van der Waals surface area contributed by atoms with Gasteiger partial charge in [-0.3, -0.25) is 0 Å². The van der Waals surface area contributed by atoms with Crippen LogP contribution in [0, 0.1) is 0 Å². The van der Waals surface area contributed by atoms with Gasteiger partial charge in [-0.25, -0.2) is 4.98 Å². The lowest BCUT2D eigenvalue weighted by atomic mass is 10.2. The maximum Gasteiger partial charge on any atom is 0.127 e. The first-order chi connectivity index (χ1) is 10.3. The van der Waals surface area contributed by atoms with Crippen molar-refractivity contribution >= 4 is 11.5 Å². The number of rotatable bonds is 7. The molecule has 0 saturated carbocycles. The Bertz CT molecular complexity index is 587. The number of anilines is 2. The molecule has 5 heteroatoms. The van der Waals surface area contributed by atoms with Crippen LogP contribution in [0.1, 0.15) is 12.5 Å². The van der Waals surface area contributed by atoms with Gasteiger partial charge in [0, 0.05) is 42.7 Å². The van der Waals surface area contributed by atoms with Crippen LogP contribution in [0.2, 0.25) is 0 Å². The largest absolute Gasteiger partial charge is 0.497 e. The summed E-state index contributed by atoms with van der Waals surface area (Å²) in [6, 6.07) is 9.73. The van der Waals surface area contributed by atoms with Gasteiger partial charge in [-0.15, -0.1) is 0 Å². The van der Waals surface area contributed by atoms with E-state index >= 15 is 0 Å². The molecule has 0 aliphatic carbocycles. The monoisotopic (exact) mass is 287 g/mol. The van der Waals surface area contributed by atoms with E-state index < -0.39 is 0 Å². The summed E-state index contributed by atoms with van der Waals surface area (Å²) in [5.41, 5.74) is 2.08. The standard InChI is InChI=1S/C16H21N3O2/c1-4-17-16-9-13(7-8-18-16)19-11-12-5-6-14(20-2)10-15(12)21-3/h5-10H,4,11H2,1-3H3,(H2,17,18,19). The molecule has 0 fully saturated rings. The summed E-state index contributed by atoms with van der Waals surface area (Å²) in [7, 11) is 3.31. The second kappa shape index (κ2) is 7.38. The molecule has 2 rings (SSSR count). The average molecular weight is 287 g/mol. The molecular weight excluding hydrogens is 266 g/mol. The lowest BCUT2D eigenvalue weighted by Gasteiger charge is -2.12. The molecule has 0 atom stereocenters. The van der Waals surface area contributed by atoms with Crippen molar-refractivity contribution in [3.05, 3.63) is 42.1 Å². The van der Waals surface area contributed by atoms with Gasteiger partial charge in [0.25, 0.3) is 0 Å². The average Bonchev–Trinajstić information content (AvgIpc) is 2.53. The van der Waals surface area contributed by atoms with Gasteiger partial charge >= 0.3 is 0 Å². The van der Waals surface area contributed by atoms with Crippen molar-refractivity contribution < 1.29 is 9.47 Å². The highest BCUT2D eigenvalue weighted by molar-refractivity contribution is 5.53. The Morgan fingerprint density at radius 1 is 1.05 bits per heavy atom. The molecule has 1 heterocycles. The number of aromatic nitrogens is 1. The van der Waals surface area contributed by atoms with Gasteiger partial charge in [0.05, 0.1) is 14.2 Å². The number of methoxy groups -OCH3 is 2. The topological polar surface area (TPSA) is 55.4 Å². The SMILES string of the molecule is CCNc1cc(NCc2ccc(OC)cc2OC)ccn1. The van der Waals surface area contributed by atoms with E-state index in [4.69, 9.17) is 9.47 Å². The first-order valence-corrected chi connectivity index (χ1v) is 6.91. The van der Waals surface area contributed by atoms with Crippen molar-refractivity contribution in [1.82, 2.24) is 4.98 Å². The molecule has 0 bridgehead atoms. The van der Waals surface area contributed by atoms with Gasteiger partial charge < -0.3 is 20.1 Å². The Morgan fingerprint density at radius 2 is 1.90 bits per heavy atom. The van der Waals surface area contributed by atoms with Crippen LogP contribution in [-0.2, 0) is 6.54 Å². The maximum absolute atomic E-state index is 5.39. The van der Waals surface area contributed by atoms with Gasteiger partial charge in [-0.1, -0.05) is 0 Å². The van der Waals surface area contributed by atoms with Crippen LogP contribution < -0.4 is 20.1 Å². The van der Waals surface area contributed by atoms with Gasteiger partial charge in [0.1, 0.15) is 17.3 Å². The summed E-state index contributed by atoms with van der Waals surface area (Å²) in [6.45, 7) is 3.56. The summed E-state index contributed by atoms with van der Waals surface area (Å²) in [6.07, 6.45) is 1.78. The summed E-state index contributed by atoms with van der Waals surface area (Å²) in [5, 5.41) is 6.56. The number of hydrogen-bond donors (Lipinski definition) is 2. The quantitative estimate of drug-likeness (QED) is 0.819. The predicted octanol–water partition coefficient (Wildman–Crippen LogP) is 3.14. The van der Waals surface area contributed by atoms with E-state index in [1.54, 1.807) is 20.4 Å². The van der Waals surface area contributed by atoms with Crippen LogP contribution >= 0.6 is 0 Å². The lowest BCUT2D eigenvalue weighted by molar-refractivity contribution is 0.391. The number of ether oxygens (including phenoxy) is 2. The first kappa shape index (κ1) is 15.0. The summed E-state index contributed by atoms with van der Waals surface area (Å²) in [5.74, 6) is 2.46. The number of nitrogens with one attached hydrogen (secondary N) is 2. The van der Waals surface area contributed by atoms with E-state index in [1.165, 1.54) is 0 Å². The number of nitrogens with zero attached hydrogens (tertiary/aromatic N) is 1. The van der Waals surface area contributed by atoms with Gasteiger partial charge in [0.2, 0.25) is 0 Å². The third-order valence-corrected chi connectivity index (χ3v) is 3.10. The van der Waals surface area contributed by atoms with E-state index in [2.05, 4.69) is 15.6 Å². The Labute approximate surface area is 125 Å². The minimum Gasteiger partial charge on any atom is -0.497 e. The molecule has 0 radical (unpaired) electrons. The Balaban J connectivity index is 2.07. The number of benzene rings is 1. The molecule has 2 aromatic rings. The summed E-state index contributed by atoms with van der Waals surface area (Å²) in [4.78, 5) is 4.25. The van der Waals surface area contributed by atoms with E-state index in [9.17, 15) is 0 Å². The predicted molar refractivity (Wildman–Crippen MR) is 85.3 cm³/mol. The van der Waals surface area contributed by atoms with Gasteiger partial charge in [0.15, 0.2) is 0 Å². The van der Waals surface area contributed by atoms with E-state index in [1.807, 2.05) is 37.3 Å². The fraction of sp³-hybridized carbons (Fsp3) is 0.312. The highest BCUT2D eigenvalue weighted by Gasteiger charge is 2.05. The molecule has 0 amide bonds. The Morgan fingerprint density at radius 3 is 2.62 bits per heavy atom. The zero-order chi connectivity index (χ0) is 15.1. The smallest absolute Gasteiger partial charge is 0.127 e. The second-order valence-electron chi connectivity index (χ2n) is 4.49. The molecule has 0 spiro atoms. The van der Waals surface area contributed by atoms with Crippen LogP contribution in [0.4, 0.5) is 11.5 Å². The molecule has 5 nitrogen and oxygen atoms in total. The highest BCUT2D eigenvalue weighted by Crippen LogP contribution is 2.25. The fourth-order valence-corrected chi connectivity index (χ4v) is 2.01. The normalized spacial score (nSPS) is 10.0. The van der Waals surface area contributed by atoms with Gasteiger partial charge in [-0.2, -0.15) is 0 Å². The van der Waals surface area contributed by atoms with Crippen LogP contribution in [0.25, 0.3) is 0 Å². The summed E-state index contributed by atoms with van der Waals surface area (Å²) < 4.78 is 10.6. The minimum absolute atomic E-state index is 0.669. The zero-order valence-electron chi connectivity index (χ0n) is 12.6. The lowest BCUT2D eigenvalue weighted by Crippen LogP contribution is -2.04. The van der Waals surface area contributed by atoms with Crippen molar-refractivity contribution in [1.29, 1.82) is 0 Å². The molecule has 0 saturated heterocycles. The second-order valence-corrected chi connectivity index (χ2v) is 4.49. The van der Waals surface area contributed by atoms with Crippen molar-refractivity contribution in [2.24, 2.45) is 0 Å². The molecule has 112 valence electrons. The summed E-state index contributed by atoms with van der Waals surface area (Å²) >= 11 is 0. The highest BCUT2D eigenvalue weighted by atomic mass is 16.5. The maximum atomic E-state index is 5.39. The Kier molecular flexibility index (Phi) is 5.26. The zero-order valence-corrected chi connectivity index (χ0v) is 12.6. The van der Waals surface area contributed by atoms with Crippen molar-refractivity contribution in [3.63, 3.8) is 0 Å². The first-order valence-electron chi connectivity index (χ1n) is 6.91. The third kappa shape index (κ3) is 4.02. The minimum atomic E-state index is 0.669.